The first-order valence-corrected chi connectivity index (χ1v) is 10.9. The number of likely N-dealkylation sites (tertiary alicyclic amines) is 1. The second-order valence-electron chi connectivity index (χ2n) is 8.42. The number of carbonyl (C=O) groups is 4. The minimum atomic E-state index is -1.24. The molecule has 8 heteroatoms. The Morgan fingerprint density at radius 3 is 2.47 bits per heavy atom. The lowest BCUT2D eigenvalue weighted by molar-refractivity contribution is -0.151. The molecule has 0 aromatic heterocycles. The summed E-state index contributed by atoms with van der Waals surface area (Å²) in [6.45, 7) is 4.23. The molecule has 168 valence electrons. The number of carbonyl (C=O) groups excluding carboxylic acids is 4. The molecular formula is C24H27N3O5. The van der Waals surface area contributed by atoms with Crippen molar-refractivity contribution in [3.05, 3.63) is 48.0 Å². The molecule has 8 nitrogen and oxygen atoms in total. The topological polar surface area (TPSA) is 96.0 Å². The van der Waals surface area contributed by atoms with E-state index in [0.717, 1.165) is 15.7 Å². The molecule has 2 saturated heterocycles. The Morgan fingerprint density at radius 2 is 1.78 bits per heavy atom. The number of nitrogens with one attached hydrogen (secondary N) is 1. The first kappa shape index (κ1) is 21.8. The van der Waals surface area contributed by atoms with Crippen LogP contribution in [-0.4, -0.2) is 59.9 Å². The summed E-state index contributed by atoms with van der Waals surface area (Å²) in [5, 5.41) is 4.76. The highest BCUT2D eigenvalue weighted by atomic mass is 16.5. The van der Waals surface area contributed by atoms with Crippen LogP contribution in [-0.2, 0) is 24.7 Å². The first-order valence-electron chi connectivity index (χ1n) is 10.9. The lowest BCUT2D eigenvalue weighted by atomic mass is 9.90. The van der Waals surface area contributed by atoms with E-state index in [9.17, 15) is 19.2 Å². The smallest absolute Gasteiger partial charge is 0.325 e. The summed E-state index contributed by atoms with van der Waals surface area (Å²) in [6.07, 6.45) is 1.03. The number of ether oxygens (including phenoxy) is 1. The quantitative estimate of drug-likeness (QED) is 0.573. The molecule has 0 aliphatic carbocycles. The summed E-state index contributed by atoms with van der Waals surface area (Å²) >= 11 is 0. The summed E-state index contributed by atoms with van der Waals surface area (Å²) in [7, 11) is 0. The minimum Gasteiger partial charge on any atom is -0.466 e. The molecule has 1 unspecified atom stereocenters. The van der Waals surface area contributed by atoms with Gasteiger partial charge in [-0.25, -0.2) is 4.79 Å². The molecular weight excluding hydrogens is 410 g/mol. The molecule has 4 rings (SSSR count). The standard InChI is InChI=1S/C24H27N3O5/c1-3-32-21(29)17-10-12-26(13-11-17)20(28)15-27-22(30)24(2,25-23(27)31)19-9-8-16-6-4-5-7-18(16)14-19/h4-9,14,17H,3,10-13,15H2,1-2H3,(H,25,31). The molecule has 0 saturated carbocycles. The maximum atomic E-state index is 13.2. The Kier molecular flexibility index (Phi) is 5.86. The molecule has 1 atom stereocenters. The van der Waals surface area contributed by atoms with Crippen molar-refractivity contribution in [2.24, 2.45) is 5.92 Å². The van der Waals surface area contributed by atoms with Crippen molar-refractivity contribution in [2.45, 2.75) is 32.2 Å². The van der Waals surface area contributed by atoms with Gasteiger partial charge in [-0.15, -0.1) is 0 Å². The maximum absolute atomic E-state index is 13.2. The first-order chi connectivity index (χ1) is 15.3. The second-order valence-corrected chi connectivity index (χ2v) is 8.42. The monoisotopic (exact) mass is 437 g/mol. The van der Waals surface area contributed by atoms with Gasteiger partial charge in [0, 0.05) is 13.1 Å². The van der Waals surface area contributed by atoms with Crippen LogP contribution in [0.15, 0.2) is 42.5 Å². The van der Waals surface area contributed by atoms with Crippen LogP contribution in [0.5, 0.6) is 0 Å². The number of nitrogens with zero attached hydrogens (tertiary/aromatic N) is 2. The molecule has 32 heavy (non-hydrogen) atoms. The lowest BCUT2D eigenvalue weighted by Gasteiger charge is -2.31. The van der Waals surface area contributed by atoms with Gasteiger partial charge in [0.1, 0.15) is 12.1 Å². The van der Waals surface area contributed by atoms with Gasteiger partial charge in [0.25, 0.3) is 5.91 Å². The Morgan fingerprint density at radius 1 is 1.09 bits per heavy atom. The Labute approximate surface area is 186 Å². The van der Waals surface area contributed by atoms with Gasteiger partial charge in [-0.05, 0) is 49.1 Å². The highest BCUT2D eigenvalue weighted by Crippen LogP contribution is 2.31. The minimum absolute atomic E-state index is 0.216. The van der Waals surface area contributed by atoms with Gasteiger partial charge >= 0.3 is 12.0 Å². The van der Waals surface area contributed by atoms with Crippen LogP contribution in [0.25, 0.3) is 10.8 Å². The SMILES string of the molecule is CCOC(=O)C1CCN(C(=O)CN2C(=O)NC(C)(c3ccc4ccccc4c3)C2=O)CC1. The van der Waals surface area contributed by atoms with E-state index in [4.69, 9.17) is 4.74 Å². The average molecular weight is 437 g/mol. The molecule has 2 aliphatic rings. The Hall–Kier alpha value is -3.42. The Bertz CT molecular complexity index is 1080. The van der Waals surface area contributed by atoms with Crippen molar-refractivity contribution in [1.29, 1.82) is 0 Å². The van der Waals surface area contributed by atoms with Crippen LogP contribution in [0.1, 0.15) is 32.3 Å². The van der Waals surface area contributed by atoms with Crippen LogP contribution in [0.2, 0.25) is 0 Å². The normalized spacial score (nSPS) is 21.7. The largest absolute Gasteiger partial charge is 0.466 e. The average Bonchev–Trinajstić information content (AvgIpc) is 3.02. The van der Waals surface area contributed by atoms with Gasteiger partial charge in [-0.1, -0.05) is 36.4 Å². The van der Waals surface area contributed by atoms with E-state index in [1.54, 1.807) is 18.7 Å². The molecule has 0 radical (unpaired) electrons. The van der Waals surface area contributed by atoms with Gasteiger partial charge in [-0.2, -0.15) is 0 Å². The molecule has 0 bridgehead atoms. The van der Waals surface area contributed by atoms with Crippen molar-refractivity contribution >= 4 is 34.6 Å². The number of hydrogen-bond donors (Lipinski definition) is 1. The number of fused-ring (bicyclic) bond motifs is 1. The zero-order chi connectivity index (χ0) is 22.9. The number of benzene rings is 2. The van der Waals surface area contributed by atoms with Gasteiger partial charge in [-0.3, -0.25) is 19.3 Å². The van der Waals surface area contributed by atoms with Crippen molar-refractivity contribution in [2.75, 3.05) is 26.2 Å². The zero-order valence-corrected chi connectivity index (χ0v) is 18.3. The van der Waals surface area contributed by atoms with E-state index in [1.807, 2.05) is 42.5 Å². The summed E-state index contributed by atoms with van der Waals surface area (Å²) in [6, 6.07) is 12.8. The lowest BCUT2D eigenvalue weighted by Crippen LogP contribution is -2.47. The van der Waals surface area contributed by atoms with E-state index < -0.39 is 17.5 Å². The number of esters is 1. The zero-order valence-electron chi connectivity index (χ0n) is 18.3. The molecule has 2 fully saturated rings. The number of imide groups is 1. The third-order valence-corrected chi connectivity index (χ3v) is 6.36. The van der Waals surface area contributed by atoms with Crippen molar-refractivity contribution < 1.29 is 23.9 Å². The fourth-order valence-electron chi connectivity index (χ4n) is 4.40. The fraction of sp³-hybridized carbons (Fsp3) is 0.417. The molecule has 2 aromatic carbocycles. The van der Waals surface area contributed by atoms with E-state index in [1.165, 1.54) is 0 Å². The molecule has 0 spiro atoms. The highest BCUT2D eigenvalue weighted by molar-refractivity contribution is 6.09. The molecule has 1 N–H and O–H groups in total. The van der Waals surface area contributed by atoms with Crippen molar-refractivity contribution in [3.8, 4) is 0 Å². The van der Waals surface area contributed by atoms with Crippen LogP contribution in [0, 0.1) is 5.92 Å². The second kappa shape index (κ2) is 8.61. The molecule has 4 amide bonds. The number of urea groups is 1. The number of amides is 4. The highest BCUT2D eigenvalue weighted by Gasteiger charge is 2.49. The molecule has 2 aliphatic heterocycles. The third-order valence-electron chi connectivity index (χ3n) is 6.36. The number of rotatable bonds is 5. The van der Waals surface area contributed by atoms with Crippen molar-refractivity contribution in [3.63, 3.8) is 0 Å². The Balaban J connectivity index is 1.44. The van der Waals surface area contributed by atoms with E-state index in [0.29, 0.717) is 38.1 Å². The van der Waals surface area contributed by atoms with Crippen LogP contribution in [0.3, 0.4) is 0 Å². The van der Waals surface area contributed by atoms with Crippen LogP contribution < -0.4 is 5.32 Å². The van der Waals surface area contributed by atoms with Gasteiger partial charge in [0.15, 0.2) is 0 Å². The summed E-state index contributed by atoms with van der Waals surface area (Å²) < 4.78 is 5.06. The number of piperidine rings is 1. The third kappa shape index (κ3) is 3.92. The van der Waals surface area contributed by atoms with Gasteiger partial charge in [0.05, 0.1) is 12.5 Å². The van der Waals surface area contributed by atoms with E-state index in [2.05, 4.69) is 5.32 Å². The summed E-state index contributed by atoms with van der Waals surface area (Å²) in [5.74, 6) is -1.21. The molecule has 2 heterocycles. The van der Waals surface area contributed by atoms with Crippen LogP contribution in [0.4, 0.5) is 4.79 Å². The van der Waals surface area contributed by atoms with Gasteiger partial charge in [0.2, 0.25) is 5.91 Å². The van der Waals surface area contributed by atoms with Crippen LogP contribution >= 0.6 is 0 Å². The van der Waals surface area contributed by atoms with Gasteiger partial charge < -0.3 is 15.0 Å². The fourth-order valence-corrected chi connectivity index (χ4v) is 4.40. The molecule has 2 aromatic rings. The van der Waals surface area contributed by atoms with E-state index in [-0.39, 0.29) is 24.3 Å². The number of hydrogen-bond acceptors (Lipinski definition) is 5. The van der Waals surface area contributed by atoms with E-state index >= 15 is 0 Å². The van der Waals surface area contributed by atoms with Crippen molar-refractivity contribution in [1.82, 2.24) is 15.1 Å². The maximum Gasteiger partial charge on any atom is 0.325 e. The summed E-state index contributed by atoms with van der Waals surface area (Å²) in [4.78, 5) is 53.1. The predicted octanol–water partition coefficient (Wildman–Crippen LogP) is 2.41. The summed E-state index contributed by atoms with van der Waals surface area (Å²) in [5.41, 5.74) is -0.571. The predicted molar refractivity (Wildman–Crippen MR) is 117 cm³/mol.